The average Bonchev–Trinajstić information content (AvgIpc) is 2.44. The van der Waals surface area contributed by atoms with E-state index in [-0.39, 0.29) is 0 Å². The molecule has 1 fully saturated rings. The molecule has 0 aliphatic heterocycles. The Bertz CT molecular complexity index is 343. The van der Waals surface area contributed by atoms with Crippen LogP contribution in [0.2, 0.25) is 5.15 Å². The van der Waals surface area contributed by atoms with E-state index < -0.39 is 0 Å². The SMILES string of the molecule is CC1CCCC(Nc2cnnc(Cl)c2)CC1. The molecule has 0 spiro atoms. The Hall–Kier alpha value is -0.830. The van der Waals surface area contributed by atoms with Crippen LogP contribution in [0.5, 0.6) is 0 Å². The van der Waals surface area contributed by atoms with Crippen molar-refractivity contribution < 1.29 is 0 Å². The lowest BCUT2D eigenvalue weighted by molar-refractivity contribution is 0.502. The van der Waals surface area contributed by atoms with Gasteiger partial charge < -0.3 is 5.32 Å². The van der Waals surface area contributed by atoms with E-state index in [2.05, 4.69) is 22.4 Å². The quantitative estimate of drug-likeness (QED) is 0.803. The molecule has 0 aromatic carbocycles. The summed E-state index contributed by atoms with van der Waals surface area (Å²) < 4.78 is 0. The van der Waals surface area contributed by atoms with E-state index in [0.29, 0.717) is 11.2 Å². The smallest absolute Gasteiger partial charge is 0.153 e. The van der Waals surface area contributed by atoms with Gasteiger partial charge in [-0.15, -0.1) is 5.10 Å². The lowest BCUT2D eigenvalue weighted by Crippen LogP contribution is -2.18. The maximum Gasteiger partial charge on any atom is 0.153 e. The molecule has 0 bridgehead atoms. The van der Waals surface area contributed by atoms with Gasteiger partial charge in [0, 0.05) is 12.1 Å². The van der Waals surface area contributed by atoms with Crippen molar-refractivity contribution in [3.8, 4) is 0 Å². The topological polar surface area (TPSA) is 37.8 Å². The molecule has 0 saturated heterocycles. The van der Waals surface area contributed by atoms with Gasteiger partial charge >= 0.3 is 0 Å². The summed E-state index contributed by atoms with van der Waals surface area (Å²) in [5.41, 5.74) is 0.986. The van der Waals surface area contributed by atoms with Crippen LogP contribution in [0.1, 0.15) is 39.0 Å². The van der Waals surface area contributed by atoms with Crippen LogP contribution >= 0.6 is 11.6 Å². The molecular formula is C12H18ClN3. The predicted octanol–water partition coefficient (Wildman–Crippen LogP) is 3.51. The third-order valence-electron chi connectivity index (χ3n) is 3.25. The van der Waals surface area contributed by atoms with Crippen LogP contribution in [-0.4, -0.2) is 16.2 Å². The highest BCUT2D eigenvalue weighted by Crippen LogP contribution is 2.25. The molecule has 1 saturated carbocycles. The Morgan fingerprint density at radius 2 is 2.19 bits per heavy atom. The maximum atomic E-state index is 5.80. The van der Waals surface area contributed by atoms with Gasteiger partial charge in [-0.1, -0.05) is 31.4 Å². The minimum absolute atomic E-state index is 0.451. The highest BCUT2D eigenvalue weighted by atomic mass is 35.5. The zero-order valence-corrected chi connectivity index (χ0v) is 10.4. The van der Waals surface area contributed by atoms with Crippen molar-refractivity contribution in [1.82, 2.24) is 10.2 Å². The second kappa shape index (κ2) is 5.48. The third kappa shape index (κ3) is 3.34. The molecule has 2 unspecified atom stereocenters. The predicted molar refractivity (Wildman–Crippen MR) is 66.7 cm³/mol. The number of halogens is 1. The second-order valence-electron chi connectivity index (χ2n) is 4.72. The molecule has 2 rings (SSSR count). The van der Waals surface area contributed by atoms with E-state index in [1.54, 1.807) is 6.20 Å². The minimum Gasteiger partial charge on any atom is -0.381 e. The Kier molecular flexibility index (Phi) is 3.99. The summed E-state index contributed by atoms with van der Waals surface area (Å²) in [6.45, 7) is 2.34. The maximum absolute atomic E-state index is 5.80. The van der Waals surface area contributed by atoms with Crippen molar-refractivity contribution in [3.05, 3.63) is 17.4 Å². The van der Waals surface area contributed by atoms with Gasteiger partial charge in [-0.05, 0) is 25.2 Å². The summed E-state index contributed by atoms with van der Waals surface area (Å²) in [5, 5.41) is 11.5. The van der Waals surface area contributed by atoms with Gasteiger partial charge in [0.2, 0.25) is 0 Å². The average molecular weight is 240 g/mol. The van der Waals surface area contributed by atoms with Crippen LogP contribution in [0.25, 0.3) is 0 Å². The van der Waals surface area contributed by atoms with Crippen molar-refractivity contribution in [2.45, 2.75) is 45.1 Å². The Morgan fingerprint density at radius 3 is 3.00 bits per heavy atom. The summed E-state index contributed by atoms with van der Waals surface area (Å²) in [6.07, 6.45) is 8.19. The molecule has 0 amide bonds. The fourth-order valence-corrected chi connectivity index (χ4v) is 2.45. The van der Waals surface area contributed by atoms with Crippen LogP contribution in [0.3, 0.4) is 0 Å². The highest BCUT2D eigenvalue weighted by molar-refractivity contribution is 6.29. The summed E-state index contributed by atoms with van der Waals surface area (Å²) in [5.74, 6) is 0.867. The van der Waals surface area contributed by atoms with Gasteiger partial charge in [0.25, 0.3) is 0 Å². The van der Waals surface area contributed by atoms with E-state index in [0.717, 1.165) is 11.6 Å². The molecule has 1 aliphatic carbocycles. The summed E-state index contributed by atoms with van der Waals surface area (Å²) >= 11 is 5.80. The lowest BCUT2D eigenvalue weighted by Gasteiger charge is -2.17. The number of hydrogen-bond donors (Lipinski definition) is 1. The number of anilines is 1. The van der Waals surface area contributed by atoms with Crippen molar-refractivity contribution in [1.29, 1.82) is 0 Å². The highest BCUT2D eigenvalue weighted by Gasteiger charge is 2.15. The molecular weight excluding hydrogens is 222 g/mol. The zero-order valence-electron chi connectivity index (χ0n) is 9.62. The van der Waals surface area contributed by atoms with E-state index in [4.69, 9.17) is 11.6 Å². The molecule has 4 heteroatoms. The summed E-state index contributed by atoms with van der Waals surface area (Å²) in [6, 6.07) is 2.40. The van der Waals surface area contributed by atoms with Gasteiger partial charge in [0.1, 0.15) is 0 Å². The van der Waals surface area contributed by atoms with E-state index in [9.17, 15) is 0 Å². The second-order valence-corrected chi connectivity index (χ2v) is 5.11. The molecule has 1 N–H and O–H groups in total. The molecule has 1 aromatic heterocycles. The number of nitrogens with one attached hydrogen (secondary N) is 1. The zero-order chi connectivity index (χ0) is 11.4. The first-order valence-corrected chi connectivity index (χ1v) is 6.36. The molecule has 1 aliphatic rings. The van der Waals surface area contributed by atoms with Gasteiger partial charge in [-0.3, -0.25) is 0 Å². The van der Waals surface area contributed by atoms with E-state index >= 15 is 0 Å². The number of hydrogen-bond acceptors (Lipinski definition) is 3. The van der Waals surface area contributed by atoms with Gasteiger partial charge in [0.05, 0.1) is 11.9 Å². The normalized spacial score (nSPS) is 26.1. The van der Waals surface area contributed by atoms with Crippen LogP contribution in [0.4, 0.5) is 5.69 Å². The van der Waals surface area contributed by atoms with Crippen LogP contribution < -0.4 is 5.32 Å². The molecule has 1 aromatic rings. The number of aromatic nitrogens is 2. The van der Waals surface area contributed by atoms with Gasteiger partial charge in [-0.25, -0.2) is 0 Å². The van der Waals surface area contributed by atoms with Crippen LogP contribution in [0, 0.1) is 5.92 Å². The Morgan fingerprint density at radius 1 is 1.31 bits per heavy atom. The Labute approximate surface area is 102 Å². The van der Waals surface area contributed by atoms with Crippen molar-refractivity contribution >= 4 is 17.3 Å². The molecule has 2 atom stereocenters. The molecule has 3 nitrogen and oxygen atoms in total. The molecule has 88 valence electrons. The molecule has 1 heterocycles. The first kappa shape index (κ1) is 11.6. The number of rotatable bonds is 2. The summed E-state index contributed by atoms with van der Waals surface area (Å²) in [7, 11) is 0. The van der Waals surface area contributed by atoms with Crippen molar-refractivity contribution in [2.24, 2.45) is 5.92 Å². The Balaban J connectivity index is 1.93. The molecule has 0 radical (unpaired) electrons. The monoisotopic (exact) mass is 239 g/mol. The van der Waals surface area contributed by atoms with Crippen LogP contribution in [-0.2, 0) is 0 Å². The minimum atomic E-state index is 0.451. The first-order valence-electron chi connectivity index (χ1n) is 5.99. The fourth-order valence-electron chi connectivity index (χ4n) is 2.29. The van der Waals surface area contributed by atoms with Crippen LogP contribution in [0.15, 0.2) is 12.3 Å². The fraction of sp³-hybridized carbons (Fsp3) is 0.667. The lowest BCUT2D eigenvalue weighted by atomic mass is 10.0. The van der Waals surface area contributed by atoms with E-state index in [1.807, 2.05) is 6.07 Å². The molecule has 16 heavy (non-hydrogen) atoms. The first-order chi connectivity index (χ1) is 7.74. The number of nitrogens with zero attached hydrogens (tertiary/aromatic N) is 2. The third-order valence-corrected chi connectivity index (χ3v) is 3.44. The van der Waals surface area contributed by atoms with Crippen molar-refractivity contribution in [3.63, 3.8) is 0 Å². The van der Waals surface area contributed by atoms with Gasteiger partial charge in [0.15, 0.2) is 5.15 Å². The van der Waals surface area contributed by atoms with E-state index in [1.165, 1.54) is 32.1 Å². The summed E-state index contributed by atoms with van der Waals surface area (Å²) in [4.78, 5) is 0. The van der Waals surface area contributed by atoms with Crippen molar-refractivity contribution in [2.75, 3.05) is 5.32 Å². The standard InChI is InChI=1S/C12H18ClN3/c1-9-3-2-4-10(6-5-9)15-11-7-12(13)16-14-8-11/h7-10H,2-6H2,1H3,(H,15,16). The van der Waals surface area contributed by atoms with Gasteiger partial charge in [-0.2, -0.15) is 5.10 Å². The largest absolute Gasteiger partial charge is 0.381 e.